The van der Waals surface area contributed by atoms with Crippen molar-refractivity contribution in [2.45, 2.75) is 19.4 Å². The van der Waals surface area contributed by atoms with Crippen molar-refractivity contribution < 1.29 is 17.9 Å². The van der Waals surface area contributed by atoms with E-state index in [2.05, 4.69) is 5.32 Å². The topological polar surface area (TPSA) is 105 Å². The Kier molecular flexibility index (Phi) is 6.83. The van der Waals surface area contributed by atoms with Crippen molar-refractivity contribution >= 4 is 16.1 Å². The van der Waals surface area contributed by atoms with E-state index in [0.29, 0.717) is 32.7 Å². The Morgan fingerprint density at radius 3 is 2.85 bits per heavy atom. The maximum Gasteiger partial charge on any atom is 0.282 e. The Bertz CT molecular complexity index is 415. The molecule has 1 amide bonds. The van der Waals surface area contributed by atoms with E-state index in [1.54, 1.807) is 6.92 Å². The van der Waals surface area contributed by atoms with E-state index in [0.717, 1.165) is 0 Å². The first-order valence-corrected chi connectivity index (χ1v) is 8.13. The molecule has 1 rings (SSSR count). The van der Waals surface area contributed by atoms with E-state index in [1.165, 1.54) is 15.7 Å². The summed E-state index contributed by atoms with van der Waals surface area (Å²) in [6, 6.07) is -0.811. The second kappa shape index (κ2) is 7.89. The van der Waals surface area contributed by atoms with Gasteiger partial charge in [0.2, 0.25) is 5.91 Å². The minimum atomic E-state index is -3.68. The van der Waals surface area contributed by atoms with Crippen molar-refractivity contribution in [2.24, 2.45) is 5.73 Å². The highest BCUT2D eigenvalue weighted by molar-refractivity contribution is 7.86. The standard InChI is InChI=1S/C11H24N4O4S/c1-3-13-11(16)10-9-19-8-7-15(10)20(17,18)14(2)6-4-5-12/h10H,3-9,12H2,1-2H3,(H,13,16). The molecule has 0 radical (unpaired) electrons. The quantitative estimate of drug-likeness (QED) is 0.586. The summed E-state index contributed by atoms with van der Waals surface area (Å²) in [4.78, 5) is 12.0. The largest absolute Gasteiger partial charge is 0.378 e. The van der Waals surface area contributed by atoms with Crippen molar-refractivity contribution in [1.29, 1.82) is 0 Å². The fourth-order valence-electron chi connectivity index (χ4n) is 1.97. The molecule has 0 saturated carbocycles. The molecular weight excluding hydrogens is 284 g/mol. The van der Waals surface area contributed by atoms with Gasteiger partial charge < -0.3 is 15.8 Å². The van der Waals surface area contributed by atoms with E-state index in [-0.39, 0.29) is 19.1 Å². The van der Waals surface area contributed by atoms with Crippen LogP contribution in [0, 0.1) is 0 Å². The normalized spacial score (nSPS) is 21.1. The molecule has 118 valence electrons. The van der Waals surface area contributed by atoms with Crippen LogP contribution in [0.15, 0.2) is 0 Å². The zero-order valence-electron chi connectivity index (χ0n) is 12.0. The van der Waals surface area contributed by atoms with Gasteiger partial charge in [-0.25, -0.2) is 0 Å². The lowest BCUT2D eigenvalue weighted by Crippen LogP contribution is -2.58. The first-order chi connectivity index (χ1) is 9.45. The molecule has 9 heteroatoms. The summed E-state index contributed by atoms with van der Waals surface area (Å²) in [5.74, 6) is -0.331. The number of likely N-dealkylation sites (N-methyl/N-ethyl adjacent to an activating group) is 1. The van der Waals surface area contributed by atoms with Gasteiger partial charge in [0.15, 0.2) is 0 Å². The zero-order valence-corrected chi connectivity index (χ0v) is 12.9. The molecule has 0 spiro atoms. The number of morpholine rings is 1. The number of carbonyl (C=O) groups excluding carboxylic acids is 1. The molecular formula is C11H24N4O4S. The number of ether oxygens (including phenoxy) is 1. The van der Waals surface area contributed by atoms with E-state index < -0.39 is 16.3 Å². The lowest BCUT2D eigenvalue weighted by atomic mass is 10.2. The van der Waals surface area contributed by atoms with Gasteiger partial charge in [-0.05, 0) is 19.9 Å². The summed E-state index contributed by atoms with van der Waals surface area (Å²) in [7, 11) is -2.18. The highest BCUT2D eigenvalue weighted by Crippen LogP contribution is 2.15. The molecule has 0 aliphatic carbocycles. The fourth-order valence-corrected chi connectivity index (χ4v) is 3.47. The van der Waals surface area contributed by atoms with Crippen LogP contribution < -0.4 is 11.1 Å². The van der Waals surface area contributed by atoms with Gasteiger partial charge in [-0.3, -0.25) is 4.79 Å². The number of nitrogens with one attached hydrogen (secondary N) is 1. The molecule has 1 aliphatic rings. The lowest BCUT2D eigenvalue weighted by molar-refractivity contribution is -0.129. The van der Waals surface area contributed by atoms with Gasteiger partial charge in [0.1, 0.15) is 6.04 Å². The number of rotatable bonds is 7. The van der Waals surface area contributed by atoms with Crippen LogP contribution in [0.4, 0.5) is 0 Å². The maximum absolute atomic E-state index is 12.5. The van der Waals surface area contributed by atoms with Gasteiger partial charge in [0.25, 0.3) is 10.2 Å². The van der Waals surface area contributed by atoms with Crippen molar-refractivity contribution in [2.75, 3.05) is 46.4 Å². The van der Waals surface area contributed by atoms with E-state index in [4.69, 9.17) is 10.5 Å². The van der Waals surface area contributed by atoms with E-state index in [1.807, 2.05) is 0 Å². The average Bonchev–Trinajstić information content (AvgIpc) is 2.44. The van der Waals surface area contributed by atoms with Gasteiger partial charge >= 0.3 is 0 Å². The summed E-state index contributed by atoms with van der Waals surface area (Å²) in [5.41, 5.74) is 5.39. The number of hydrogen-bond donors (Lipinski definition) is 2. The number of nitrogens with two attached hydrogens (primary N) is 1. The van der Waals surface area contributed by atoms with Crippen LogP contribution in [-0.2, 0) is 19.7 Å². The smallest absolute Gasteiger partial charge is 0.282 e. The van der Waals surface area contributed by atoms with E-state index >= 15 is 0 Å². The lowest BCUT2D eigenvalue weighted by Gasteiger charge is -2.35. The van der Waals surface area contributed by atoms with Crippen LogP contribution in [0.5, 0.6) is 0 Å². The van der Waals surface area contributed by atoms with Crippen LogP contribution in [0.3, 0.4) is 0 Å². The highest BCUT2D eigenvalue weighted by Gasteiger charge is 2.39. The Balaban J connectivity index is 2.85. The second-order valence-corrected chi connectivity index (χ2v) is 6.56. The third-order valence-corrected chi connectivity index (χ3v) is 5.10. The van der Waals surface area contributed by atoms with Gasteiger partial charge in [0.05, 0.1) is 13.2 Å². The van der Waals surface area contributed by atoms with Gasteiger partial charge in [0, 0.05) is 26.7 Å². The van der Waals surface area contributed by atoms with Crippen molar-refractivity contribution in [1.82, 2.24) is 13.9 Å². The zero-order chi connectivity index (χ0) is 15.2. The van der Waals surface area contributed by atoms with Crippen molar-refractivity contribution in [3.05, 3.63) is 0 Å². The molecule has 0 aromatic heterocycles. The maximum atomic E-state index is 12.5. The van der Waals surface area contributed by atoms with Gasteiger partial charge in [-0.1, -0.05) is 0 Å². The Labute approximate surface area is 120 Å². The first-order valence-electron chi connectivity index (χ1n) is 6.73. The average molecular weight is 308 g/mol. The van der Waals surface area contributed by atoms with Crippen molar-refractivity contribution in [3.8, 4) is 0 Å². The minimum Gasteiger partial charge on any atom is -0.378 e. The van der Waals surface area contributed by atoms with Crippen LogP contribution in [0.1, 0.15) is 13.3 Å². The SMILES string of the molecule is CCNC(=O)C1COCCN1S(=O)(=O)N(C)CCCN. The predicted molar refractivity (Wildman–Crippen MR) is 75.2 cm³/mol. The first kappa shape index (κ1) is 17.3. The van der Waals surface area contributed by atoms with E-state index in [9.17, 15) is 13.2 Å². The molecule has 1 unspecified atom stereocenters. The molecule has 0 aromatic rings. The van der Waals surface area contributed by atoms with Gasteiger partial charge in [-0.2, -0.15) is 17.0 Å². The van der Waals surface area contributed by atoms with Crippen LogP contribution in [0.2, 0.25) is 0 Å². The molecule has 0 bridgehead atoms. The van der Waals surface area contributed by atoms with Crippen LogP contribution in [-0.4, -0.2) is 75.4 Å². The third-order valence-electron chi connectivity index (χ3n) is 3.10. The molecule has 3 N–H and O–H groups in total. The molecule has 8 nitrogen and oxygen atoms in total. The monoisotopic (exact) mass is 308 g/mol. The predicted octanol–water partition coefficient (Wildman–Crippen LogP) is -1.65. The summed E-state index contributed by atoms with van der Waals surface area (Å²) in [6.07, 6.45) is 0.575. The molecule has 1 atom stereocenters. The fraction of sp³-hybridized carbons (Fsp3) is 0.909. The Morgan fingerprint density at radius 1 is 1.55 bits per heavy atom. The summed E-state index contributed by atoms with van der Waals surface area (Å²) in [5, 5.41) is 2.64. The summed E-state index contributed by atoms with van der Waals surface area (Å²) >= 11 is 0. The molecule has 1 fully saturated rings. The van der Waals surface area contributed by atoms with Crippen LogP contribution >= 0.6 is 0 Å². The number of amides is 1. The third kappa shape index (κ3) is 4.13. The summed E-state index contributed by atoms with van der Waals surface area (Å²) < 4.78 is 32.6. The molecule has 20 heavy (non-hydrogen) atoms. The molecule has 1 heterocycles. The van der Waals surface area contributed by atoms with Gasteiger partial charge in [-0.15, -0.1) is 0 Å². The number of carbonyl (C=O) groups is 1. The highest BCUT2D eigenvalue weighted by atomic mass is 32.2. The number of hydrogen-bond acceptors (Lipinski definition) is 5. The Morgan fingerprint density at radius 2 is 2.25 bits per heavy atom. The Hall–Kier alpha value is -0.740. The second-order valence-electron chi connectivity index (χ2n) is 4.57. The summed E-state index contributed by atoms with van der Waals surface area (Å²) in [6.45, 7) is 3.54. The van der Waals surface area contributed by atoms with Crippen LogP contribution in [0.25, 0.3) is 0 Å². The number of nitrogens with zero attached hydrogens (tertiary/aromatic N) is 2. The molecule has 1 aliphatic heterocycles. The van der Waals surface area contributed by atoms with Crippen molar-refractivity contribution in [3.63, 3.8) is 0 Å². The molecule has 1 saturated heterocycles. The molecule has 0 aromatic carbocycles. The minimum absolute atomic E-state index is 0.0792.